The first-order valence-corrected chi connectivity index (χ1v) is 6.62. The van der Waals surface area contributed by atoms with Crippen LogP contribution in [0.15, 0.2) is 11.4 Å². The Kier molecular flexibility index (Phi) is 4.18. The zero-order valence-electron chi connectivity index (χ0n) is 9.53. The van der Waals surface area contributed by atoms with E-state index >= 15 is 0 Å². The van der Waals surface area contributed by atoms with Gasteiger partial charge in [0.1, 0.15) is 0 Å². The first-order valence-electron chi connectivity index (χ1n) is 5.74. The lowest BCUT2D eigenvalue weighted by Gasteiger charge is -2.00. The third-order valence-electron chi connectivity index (χ3n) is 2.51. The second-order valence-electron chi connectivity index (χ2n) is 4.07. The summed E-state index contributed by atoms with van der Waals surface area (Å²) in [4.78, 5) is 12.6. The fourth-order valence-electron chi connectivity index (χ4n) is 1.42. The van der Waals surface area contributed by atoms with E-state index in [0.29, 0.717) is 13.0 Å². The molecule has 1 aromatic heterocycles. The minimum Gasteiger partial charge on any atom is -0.395 e. The number of carbonyl (C=O) groups excluding carboxylic acids is 1. The smallest absolute Gasteiger partial charge is 0.223 e. The lowest BCUT2D eigenvalue weighted by atomic mass is 10.3. The molecule has 1 saturated carbocycles. The lowest BCUT2D eigenvalue weighted by molar-refractivity contribution is -0.122. The van der Waals surface area contributed by atoms with Crippen LogP contribution < -0.4 is 5.32 Å². The molecule has 0 saturated heterocycles. The molecule has 0 unspecified atom stereocenters. The number of thiophene rings is 1. The molecule has 17 heavy (non-hydrogen) atoms. The van der Waals surface area contributed by atoms with Crippen molar-refractivity contribution in [1.82, 2.24) is 5.32 Å². The van der Waals surface area contributed by atoms with E-state index in [1.807, 2.05) is 11.4 Å². The van der Waals surface area contributed by atoms with Crippen molar-refractivity contribution in [2.75, 3.05) is 6.61 Å². The Bertz CT molecular complexity index is 451. The van der Waals surface area contributed by atoms with Gasteiger partial charge in [0.25, 0.3) is 0 Å². The average Bonchev–Trinajstić information content (AvgIpc) is 3.08. The maximum atomic E-state index is 11.4. The average molecular weight is 249 g/mol. The predicted molar refractivity (Wildman–Crippen MR) is 67.5 cm³/mol. The van der Waals surface area contributed by atoms with E-state index in [1.54, 1.807) is 11.3 Å². The van der Waals surface area contributed by atoms with Crippen LogP contribution in [0.5, 0.6) is 0 Å². The molecule has 1 amide bonds. The summed E-state index contributed by atoms with van der Waals surface area (Å²) in [5.41, 5.74) is 0.958. The van der Waals surface area contributed by atoms with E-state index in [0.717, 1.165) is 23.3 Å². The molecule has 2 N–H and O–H groups in total. The van der Waals surface area contributed by atoms with Crippen LogP contribution in [0.1, 0.15) is 29.7 Å². The van der Waals surface area contributed by atoms with E-state index in [4.69, 9.17) is 5.11 Å². The van der Waals surface area contributed by atoms with Crippen molar-refractivity contribution >= 4 is 17.2 Å². The number of nitrogens with one attached hydrogen (secondary N) is 1. The van der Waals surface area contributed by atoms with E-state index < -0.39 is 0 Å². The summed E-state index contributed by atoms with van der Waals surface area (Å²) in [7, 11) is 0. The minimum atomic E-state index is 0.0987. The molecule has 1 fully saturated rings. The van der Waals surface area contributed by atoms with Crippen molar-refractivity contribution in [1.29, 1.82) is 0 Å². The maximum Gasteiger partial charge on any atom is 0.223 e. The second-order valence-corrected chi connectivity index (χ2v) is 5.06. The molecule has 0 aromatic carbocycles. The number of rotatable bonds is 4. The van der Waals surface area contributed by atoms with Gasteiger partial charge >= 0.3 is 0 Å². The van der Waals surface area contributed by atoms with Crippen LogP contribution in [0, 0.1) is 17.8 Å². The van der Waals surface area contributed by atoms with Crippen LogP contribution in [-0.2, 0) is 11.3 Å². The van der Waals surface area contributed by atoms with E-state index in [2.05, 4.69) is 17.2 Å². The topological polar surface area (TPSA) is 49.3 Å². The zero-order valence-corrected chi connectivity index (χ0v) is 10.3. The highest BCUT2D eigenvalue weighted by Gasteiger charge is 2.29. The standard InChI is InChI=1S/C13H15NO2S/c15-6-2-1-3-10-7-12(17-9-10)8-14-13(16)11-4-5-11/h7,9,11,15H,2,4-6,8H2,(H,14,16). The molecule has 1 aliphatic rings. The summed E-state index contributed by atoms with van der Waals surface area (Å²) < 4.78 is 0. The monoisotopic (exact) mass is 249 g/mol. The number of aliphatic hydroxyl groups excluding tert-OH is 1. The van der Waals surface area contributed by atoms with Crippen LogP contribution in [0.2, 0.25) is 0 Å². The fraction of sp³-hybridized carbons (Fsp3) is 0.462. The van der Waals surface area contributed by atoms with Gasteiger partial charge in [0.05, 0.1) is 13.2 Å². The van der Waals surface area contributed by atoms with Crippen molar-refractivity contribution < 1.29 is 9.90 Å². The predicted octanol–water partition coefficient (Wildman–Crippen LogP) is 1.51. The molecule has 3 nitrogen and oxygen atoms in total. The molecule has 0 radical (unpaired) electrons. The summed E-state index contributed by atoms with van der Waals surface area (Å²) in [6.45, 7) is 0.698. The Morgan fingerprint density at radius 3 is 3.12 bits per heavy atom. The Labute approximate surface area is 105 Å². The van der Waals surface area contributed by atoms with Crippen LogP contribution >= 0.6 is 11.3 Å². The van der Waals surface area contributed by atoms with Crippen LogP contribution in [0.4, 0.5) is 0 Å². The Balaban J connectivity index is 1.81. The van der Waals surface area contributed by atoms with Gasteiger partial charge in [-0.2, -0.15) is 0 Å². The molecule has 0 spiro atoms. The minimum absolute atomic E-state index is 0.0987. The van der Waals surface area contributed by atoms with Gasteiger partial charge in [0.15, 0.2) is 0 Å². The van der Waals surface area contributed by atoms with Crippen molar-refractivity contribution in [3.8, 4) is 11.8 Å². The molecule has 1 aromatic rings. The molecular weight excluding hydrogens is 234 g/mol. The number of aliphatic hydroxyl groups is 1. The Morgan fingerprint density at radius 2 is 2.41 bits per heavy atom. The quantitative estimate of drug-likeness (QED) is 0.795. The van der Waals surface area contributed by atoms with Gasteiger partial charge in [-0.1, -0.05) is 11.8 Å². The molecule has 0 bridgehead atoms. The fourth-order valence-corrected chi connectivity index (χ4v) is 2.18. The van der Waals surface area contributed by atoms with Crippen molar-refractivity contribution in [3.05, 3.63) is 21.9 Å². The normalized spacial score (nSPS) is 13.9. The van der Waals surface area contributed by atoms with Crippen molar-refractivity contribution in [3.63, 3.8) is 0 Å². The molecule has 0 aliphatic heterocycles. The number of carbonyl (C=O) groups is 1. The van der Waals surface area contributed by atoms with Crippen LogP contribution in [0.25, 0.3) is 0 Å². The van der Waals surface area contributed by atoms with E-state index in [1.165, 1.54) is 0 Å². The first kappa shape index (κ1) is 12.2. The highest BCUT2D eigenvalue weighted by Crippen LogP contribution is 2.28. The number of hydrogen-bond donors (Lipinski definition) is 2. The van der Waals surface area contributed by atoms with Crippen LogP contribution in [0.3, 0.4) is 0 Å². The van der Waals surface area contributed by atoms with Gasteiger partial charge in [-0.25, -0.2) is 0 Å². The summed E-state index contributed by atoms with van der Waals surface area (Å²) in [6.07, 6.45) is 2.58. The van der Waals surface area contributed by atoms with Gasteiger partial charge in [-0.15, -0.1) is 11.3 Å². The zero-order chi connectivity index (χ0) is 12.1. The molecule has 0 atom stereocenters. The molecular formula is C13H15NO2S. The number of hydrogen-bond acceptors (Lipinski definition) is 3. The molecule has 90 valence electrons. The first-order chi connectivity index (χ1) is 8.29. The van der Waals surface area contributed by atoms with Crippen molar-refractivity contribution in [2.24, 2.45) is 5.92 Å². The van der Waals surface area contributed by atoms with Gasteiger partial charge in [0, 0.05) is 28.2 Å². The second kappa shape index (κ2) is 5.85. The van der Waals surface area contributed by atoms with Gasteiger partial charge in [-0.05, 0) is 18.9 Å². The molecule has 1 heterocycles. The highest BCUT2D eigenvalue weighted by atomic mass is 32.1. The Hall–Kier alpha value is -1.31. The highest BCUT2D eigenvalue weighted by molar-refractivity contribution is 7.10. The summed E-state index contributed by atoms with van der Waals surface area (Å²) in [6, 6.07) is 1.99. The summed E-state index contributed by atoms with van der Waals surface area (Å²) in [5, 5.41) is 13.5. The summed E-state index contributed by atoms with van der Waals surface area (Å²) in [5.74, 6) is 6.29. The van der Waals surface area contributed by atoms with E-state index in [-0.39, 0.29) is 18.4 Å². The SMILES string of the molecule is O=C(NCc1cc(C#CCCO)cs1)C1CC1. The van der Waals surface area contributed by atoms with Crippen LogP contribution in [-0.4, -0.2) is 17.6 Å². The molecule has 2 rings (SSSR count). The summed E-state index contributed by atoms with van der Waals surface area (Å²) >= 11 is 1.60. The van der Waals surface area contributed by atoms with Gasteiger partial charge in [-0.3, -0.25) is 4.79 Å². The van der Waals surface area contributed by atoms with E-state index in [9.17, 15) is 4.79 Å². The third kappa shape index (κ3) is 3.88. The lowest BCUT2D eigenvalue weighted by Crippen LogP contribution is -2.23. The maximum absolute atomic E-state index is 11.4. The number of amides is 1. The molecule has 1 aliphatic carbocycles. The Morgan fingerprint density at radius 1 is 1.59 bits per heavy atom. The van der Waals surface area contributed by atoms with Gasteiger partial charge < -0.3 is 10.4 Å². The molecule has 4 heteroatoms. The third-order valence-corrected chi connectivity index (χ3v) is 3.45. The largest absolute Gasteiger partial charge is 0.395 e. The van der Waals surface area contributed by atoms with Crippen molar-refractivity contribution in [2.45, 2.75) is 25.8 Å². The van der Waals surface area contributed by atoms with Gasteiger partial charge in [0.2, 0.25) is 5.91 Å².